The molecule has 150 valence electrons. The number of ether oxygens (including phenoxy) is 1. The summed E-state index contributed by atoms with van der Waals surface area (Å²) in [6.45, 7) is -0.685. The number of nitrogens with zero attached hydrogens (tertiary/aromatic N) is 1. The lowest BCUT2D eigenvalue weighted by Crippen LogP contribution is -2.72. The molecule has 1 fully saturated rings. The SMILES string of the molecule is O=C(O)COC(=S)CN1C(=O)[C@H](NC(=O)C(C(=O)O)c2ccccc2)[C@@H]1CI. The van der Waals surface area contributed by atoms with Gasteiger partial charge in [0.05, 0.1) is 12.6 Å². The highest BCUT2D eigenvalue weighted by Gasteiger charge is 2.48. The number of β-lactam (4-membered cyclic amide) rings is 1. The van der Waals surface area contributed by atoms with Gasteiger partial charge >= 0.3 is 11.9 Å². The number of aliphatic carboxylic acids is 2. The van der Waals surface area contributed by atoms with E-state index in [1.165, 1.54) is 17.0 Å². The molecule has 0 bridgehead atoms. The highest BCUT2D eigenvalue weighted by atomic mass is 127. The summed E-state index contributed by atoms with van der Waals surface area (Å²) in [4.78, 5) is 48.3. The summed E-state index contributed by atoms with van der Waals surface area (Å²) in [6, 6.07) is 6.73. The fraction of sp³-hybridized carbons (Fsp3) is 0.353. The molecule has 1 unspecified atom stereocenters. The molecule has 3 atom stereocenters. The summed E-state index contributed by atoms with van der Waals surface area (Å²) < 4.78 is 5.32. The van der Waals surface area contributed by atoms with Crippen LogP contribution in [0.5, 0.6) is 0 Å². The Kier molecular flexibility index (Phi) is 7.69. The summed E-state index contributed by atoms with van der Waals surface area (Å²) in [5.41, 5.74) is 0.311. The smallest absolute Gasteiger partial charge is 0.341 e. The van der Waals surface area contributed by atoms with E-state index < -0.39 is 48.4 Å². The molecule has 2 amide bonds. The monoisotopic (exact) mass is 520 g/mol. The van der Waals surface area contributed by atoms with Gasteiger partial charge in [0.1, 0.15) is 6.04 Å². The van der Waals surface area contributed by atoms with Crippen molar-refractivity contribution in [3.63, 3.8) is 0 Å². The van der Waals surface area contributed by atoms with Crippen LogP contribution in [0.25, 0.3) is 0 Å². The molecule has 0 aromatic heterocycles. The van der Waals surface area contributed by atoms with E-state index in [-0.39, 0.29) is 11.6 Å². The third-order valence-corrected chi connectivity index (χ3v) is 5.24. The van der Waals surface area contributed by atoms with E-state index in [1.54, 1.807) is 18.2 Å². The number of benzene rings is 1. The molecule has 11 heteroatoms. The normalized spacial score (nSPS) is 19.3. The van der Waals surface area contributed by atoms with Crippen molar-refractivity contribution in [1.82, 2.24) is 10.2 Å². The number of rotatable bonds is 9. The van der Waals surface area contributed by atoms with Crippen molar-refractivity contribution in [2.45, 2.75) is 18.0 Å². The highest BCUT2D eigenvalue weighted by Crippen LogP contribution is 2.24. The molecule has 1 heterocycles. The summed E-state index contributed by atoms with van der Waals surface area (Å²) in [7, 11) is 0. The number of alkyl halides is 1. The topological polar surface area (TPSA) is 133 Å². The van der Waals surface area contributed by atoms with Crippen molar-refractivity contribution in [2.75, 3.05) is 17.6 Å². The van der Waals surface area contributed by atoms with Gasteiger partial charge in [0, 0.05) is 4.43 Å². The Morgan fingerprint density at radius 3 is 2.43 bits per heavy atom. The molecule has 1 aromatic rings. The van der Waals surface area contributed by atoms with Crippen LogP contribution in [0.3, 0.4) is 0 Å². The van der Waals surface area contributed by atoms with Crippen molar-refractivity contribution in [2.24, 2.45) is 0 Å². The van der Waals surface area contributed by atoms with E-state index in [2.05, 4.69) is 5.32 Å². The van der Waals surface area contributed by atoms with E-state index in [9.17, 15) is 24.3 Å². The second kappa shape index (κ2) is 9.78. The maximum absolute atomic E-state index is 12.5. The van der Waals surface area contributed by atoms with E-state index in [0.717, 1.165) is 0 Å². The molecule has 0 aliphatic carbocycles. The molecule has 2 rings (SSSR count). The number of likely N-dealkylation sites (tertiary alicyclic amines) is 1. The van der Waals surface area contributed by atoms with Gasteiger partial charge in [-0.3, -0.25) is 14.4 Å². The van der Waals surface area contributed by atoms with Gasteiger partial charge in [0.25, 0.3) is 0 Å². The van der Waals surface area contributed by atoms with Crippen LogP contribution in [0, 0.1) is 0 Å². The molecule has 9 nitrogen and oxygen atoms in total. The molecule has 1 aliphatic rings. The van der Waals surface area contributed by atoms with E-state index in [4.69, 9.17) is 22.1 Å². The second-order valence-corrected chi connectivity index (χ2v) is 7.25. The second-order valence-electron chi connectivity index (χ2n) is 5.91. The van der Waals surface area contributed by atoms with Crippen molar-refractivity contribution in [3.05, 3.63) is 35.9 Å². The van der Waals surface area contributed by atoms with Crippen LogP contribution in [-0.4, -0.2) is 73.6 Å². The van der Waals surface area contributed by atoms with Crippen LogP contribution in [0.4, 0.5) is 0 Å². The third kappa shape index (κ3) is 5.16. The van der Waals surface area contributed by atoms with Gasteiger partial charge in [0.2, 0.25) is 11.8 Å². The first-order valence-electron chi connectivity index (χ1n) is 8.08. The molecule has 1 saturated heterocycles. The highest BCUT2D eigenvalue weighted by molar-refractivity contribution is 14.1. The average Bonchev–Trinajstić information content (AvgIpc) is 2.65. The minimum atomic E-state index is -1.43. The Balaban J connectivity index is 2.02. The van der Waals surface area contributed by atoms with Gasteiger partial charge in [-0.1, -0.05) is 52.9 Å². The quantitative estimate of drug-likeness (QED) is 0.140. The summed E-state index contributed by atoms with van der Waals surface area (Å²) in [6.07, 6.45) is 0. The zero-order valence-electron chi connectivity index (χ0n) is 14.4. The van der Waals surface area contributed by atoms with Gasteiger partial charge in [-0.25, -0.2) is 4.79 Å². The zero-order valence-corrected chi connectivity index (χ0v) is 17.4. The summed E-state index contributed by atoms with van der Waals surface area (Å²) in [5, 5.41) is 20.5. The molecule has 1 aromatic carbocycles. The Hall–Kier alpha value is -2.28. The Labute approximate surface area is 179 Å². The third-order valence-electron chi connectivity index (χ3n) is 4.09. The average molecular weight is 520 g/mol. The number of carbonyl (C=O) groups excluding carboxylic acids is 2. The number of nitrogens with one attached hydrogen (secondary N) is 1. The van der Waals surface area contributed by atoms with Gasteiger partial charge in [-0.05, 0) is 17.8 Å². The molecule has 28 heavy (non-hydrogen) atoms. The first-order chi connectivity index (χ1) is 13.3. The first kappa shape index (κ1) is 22.0. The number of hydrogen-bond donors (Lipinski definition) is 3. The number of halogens is 1. The van der Waals surface area contributed by atoms with Gasteiger partial charge < -0.3 is 25.2 Å². The zero-order chi connectivity index (χ0) is 20.8. The molecule has 0 saturated carbocycles. The molecule has 0 radical (unpaired) electrons. The Bertz CT molecular complexity index is 789. The Morgan fingerprint density at radius 2 is 1.89 bits per heavy atom. The maximum atomic E-state index is 12.5. The molecule has 1 aliphatic heterocycles. The largest absolute Gasteiger partial charge is 0.480 e. The number of carboxylic acids is 2. The van der Waals surface area contributed by atoms with Crippen LogP contribution in [0.1, 0.15) is 11.5 Å². The van der Waals surface area contributed by atoms with Gasteiger partial charge in [-0.15, -0.1) is 0 Å². The molecular formula is C17H17IN2O7S. The van der Waals surface area contributed by atoms with Crippen LogP contribution in [-0.2, 0) is 23.9 Å². The maximum Gasteiger partial charge on any atom is 0.341 e. The lowest BCUT2D eigenvalue weighted by molar-refractivity contribution is -0.153. The minimum absolute atomic E-state index is 0.0527. The summed E-state index contributed by atoms with van der Waals surface area (Å²) in [5.74, 6) is -5.15. The number of thiocarbonyl (C=S) groups is 1. The van der Waals surface area contributed by atoms with Crippen molar-refractivity contribution >= 4 is 63.6 Å². The molecular weight excluding hydrogens is 503 g/mol. The Morgan fingerprint density at radius 1 is 1.25 bits per heavy atom. The van der Waals surface area contributed by atoms with Crippen molar-refractivity contribution in [1.29, 1.82) is 0 Å². The van der Waals surface area contributed by atoms with E-state index in [1.807, 2.05) is 22.6 Å². The lowest BCUT2D eigenvalue weighted by atomic mass is 9.93. The predicted octanol–water partition coefficient (Wildman–Crippen LogP) is 0.414. The number of hydrogen-bond acceptors (Lipinski definition) is 6. The van der Waals surface area contributed by atoms with Gasteiger partial charge in [-0.2, -0.15) is 0 Å². The van der Waals surface area contributed by atoms with Crippen molar-refractivity contribution in [3.8, 4) is 0 Å². The van der Waals surface area contributed by atoms with Crippen LogP contribution >= 0.6 is 34.8 Å². The van der Waals surface area contributed by atoms with E-state index >= 15 is 0 Å². The van der Waals surface area contributed by atoms with Crippen LogP contribution in [0.2, 0.25) is 0 Å². The summed E-state index contributed by atoms with van der Waals surface area (Å²) >= 11 is 6.96. The van der Waals surface area contributed by atoms with Gasteiger partial charge in [0.15, 0.2) is 17.6 Å². The minimum Gasteiger partial charge on any atom is -0.480 e. The standard InChI is InChI=1S/C17H17IN2O7S/c18-6-10-14(16(24)20(10)7-12(28)27-8-11(21)22)19-15(23)13(17(25)26)9-4-2-1-3-5-9/h1-5,10,13-14H,6-8H2,(H,19,23)(H,21,22)(H,25,26)/t10-,13?,14+/m0/s1. The number of amides is 2. The van der Waals surface area contributed by atoms with Crippen molar-refractivity contribution < 1.29 is 34.1 Å². The van der Waals surface area contributed by atoms with E-state index in [0.29, 0.717) is 9.99 Å². The number of carboxylic acid groups (broad SMARTS) is 2. The predicted molar refractivity (Wildman–Crippen MR) is 109 cm³/mol. The molecule has 0 spiro atoms. The fourth-order valence-corrected chi connectivity index (χ4v) is 3.93. The molecule has 3 N–H and O–H groups in total. The first-order valence-corrected chi connectivity index (χ1v) is 10.0. The number of carbonyl (C=O) groups is 4. The van der Waals surface area contributed by atoms with Crippen LogP contribution < -0.4 is 5.32 Å². The van der Waals surface area contributed by atoms with Crippen LogP contribution in [0.15, 0.2) is 30.3 Å². The lowest BCUT2D eigenvalue weighted by Gasteiger charge is -2.46. The fourth-order valence-electron chi connectivity index (χ4n) is 2.75.